The number of carbonyl (C=O) groups excluding carboxylic acids is 1. The average molecular weight is 353 g/mol. The van der Waals surface area contributed by atoms with Gasteiger partial charge in [-0.15, -0.1) is 0 Å². The molecular weight excluding hydrogens is 320 g/mol. The van der Waals surface area contributed by atoms with Gasteiger partial charge < -0.3 is 0 Å². The van der Waals surface area contributed by atoms with Gasteiger partial charge in [0, 0.05) is 23.0 Å². The SMILES string of the molecule is CCCC(C)C(=O)n1nc2c(c1-c1ccccc1)[C@H](C)CC[C@H]2C(C)C. The molecule has 2 aromatic rings. The first-order valence-corrected chi connectivity index (χ1v) is 10.2. The van der Waals surface area contributed by atoms with Crippen LogP contribution >= 0.6 is 0 Å². The Morgan fingerprint density at radius 2 is 1.88 bits per heavy atom. The van der Waals surface area contributed by atoms with E-state index >= 15 is 0 Å². The second-order valence-electron chi connectivity index (χ2n) is 8.28. The van der Waals surface area contributed by atoms with E-state index in [2.05, 4.69) is 39.8 Å². The molecule has 0 N–H and O–H groups in total. The second kappa shape index (κ2) is 7.77. The van der Waals surface area contributed by atoms with Gasteiger partial charge in [0.2, 0.25) is 5.91 Å². The van der Waals surface area contributed by atoms with E-state index in [4.69, 9.17) is 5.10 Å². The summed E-state index contributed by atoms with van der Waals surface area (Å²) < 4.78 is 1.75. The van der Waals surface area contributed by atoms with E-state index in [-0.39, 0.29) is 11.8 Å². The third-order valence-electron chi connectivity index (χ3n) is 5.91. The fraction of sp³-hybridized carbons (Fsp3) is 0.565. The van der Waals surface area contributed by atoms with Crippen molar-refractivity contribution in [3.63, 3.8) is 0 Å². The van der Waals surface area contributed by atoms with E-state index in [9.17, 15) is 4.79 Å². The van der Waals surface area contributed by atoms with Gasteiger partial charge in [0.25, 0.3) is 0 Å². The maximum Gasteiger partial charge on any atom is 0.250 e. The van der Waals surface area contributed by atoms with Crippen LogP contribution < -0.4 is 0 Å². The Hall–Kier alpha value is -1.90. The van der Waals surface area contributed by atoms with E-state index in [0.717, 1.165) is 36.2 Å². The van der Waals surface area contributed by atoms with Gasteiger partial charge in [-0.3, -0.25) is 4.79 Å². The monoisotopic (exact) mass is 352 g/mol. The number of aromatic nitrogens is 2. The molecule has 1 aliphatic rings. The van der Waals surface area contributed by atoms with Crippen molar-refractivity contribution in [2.45, 2.75) is 72.1 Å². The summed E-state index contributed by atoms with van der Waals surface area (Å²) in [5.41, 5.74) is 4.61. The van der Waals surface area contributed by atoms with Crippen molar-refractivity contribution >= 4 is 5.91 Å². The van der Waals surface area contributed by atoms with Gasteiger partial charge in [-0.25, -0.2) is 0 Å². The summed E-state index contributed by atoms with van der Waals surface area (Å²) in [5, 5.41) is 4.95. The first kappa shape index (κ1) is 18.9. The Morgan fingerprint density at radius 1 is 1.19 bits per heavy atom. The summed E-state index contributed by atoms with van der Waals surface area (Å²) in [6.45, 7) is 11.0. The van der Waals surface area contributed by atoms with Crippen LogP contribution in [0.25, 0.3) is 11.3 Å². The lowest BCUT2D eigenvalue weighted by Crippen LogP contribution is -2.22. The van der Waals surface area contributed by atoms with Crippen molar-refractivity contribution in [1.82, 2.24) is 9.78 Å². The normalized spacial score (nSPS) is 20.8. The number of carbonyl (C=O) groups is 1. The number of benzene rings is 1. The third-order valence-corrected chi connectivity index (χ3v) is 5.91. The summed E-state index contributed by atoms with van der Waals surface area (Å²) in [6.07, 6.45) is 4.25. The Balaban J connectivity index is 2.21. The minimum Gasteiger partial charge on any atom is -0.272 e. The highest BCUT2D eigenvalue weighted by atomic mass is 16.2. The Bertz CT molecular complexity index is 760. The summed E-state index contributed by atoms with van der Waals surface area (Å²) in [6, 6.07) is 10.3. The number of nitrogens with zero attached hydrogens (tertiary/aromatic N) is 2. The van der Waals surface area contributed by atoms with Gasteiger partial charge in [0.05, 0.1) is 11.4 Å². The molecule has 3 atom stereocenters. The zero-order chi connectivity index (χ0) is 18.8. The molecule has 1 aliphatic carbocycles. The van der Waals surface area contributed by atoms with Crippen LogP contribution in [0.15, 0.2) is 30.3 Å². The van der Waals surface area contributed by atoms with Crippen LogP contribution in [0, 0.1) is 11.8 Å². The van der Waals surface area contributed by atoms with Crippen LogP contribution in [0.1, 0.15) is 88.2 Å². The standard InChI is InChI=1S/C23H32N2O/c1-6-10-17(5)23(26)25-22(18-11-8-7-9-12-18)20-16(4)13-14-19(15(2)3)21(20)24-25/h7-9,11-12,15-17,19H,6,10,13-14H2,1-5H3/t16-,17?,19+/m1/s1. The van der Waals surface area contributed by atoms with E-state index in [1.54, 1.807) is 4.68 Å². The molecule has 1 aromatic heterocycles. The Kier molecular flexibility index (Phi) is 5.64. The highest BCUT2D eigenvalue weighted by Gasteiger charge is 2.35. The average Bonchev–Trinajstić information content (AvgIpc) is 3.03. The van der Waals surface area contributed by atoms with E-state index in [0.29, 0.717) is 17.8 Å². The molecule has 0 saturated heterocycles. The quantitative estimate of drug-likeness (QED) is 0.636. The van der Waals surface area contributed by atoms with Crippen molar-refractivity contribution in [3.8, 4) is 11.3 Å². The predicted molar refractivity (Wildman–Crippen MR) is 108 cm³/mol. The van der Waals surface area contributed by atoms with Crippen LogP contribution in [0.5, 0.6) is 0 Å². The lowest BCUT2D eigenvalue weighted by Gasteiger charge is -2.28. The zero-order valence-electron chi connectivity index (χ0n) is 16.8. The molecule has 3 nitrogen and oxygen atoms in total. The van der Waals surface area contributed by atoms with Crippen molar-refractivity contribution in [2.75, 3.05) is 0 Å². The van der Waals surface area contributed by atoms with Gasteiger partial charge in [-0.2, -0.15) is 9.78 Å². The molecule has 1 unspecified atom stereocenters. The highest BCUT2D eigenvalue weighted by molar-refractivity contribution is 5.86. The van der Waals surface area contributed by atoms with Gasteiger partial charge in [-0.05, 0) is 31.1 Å². The molecule has 0 bridgehead atoms. The molecular formula is C23H32N2O. The van der Waals surface area contributed by atoms with E-state index in [1.807, 2.05) is 25.1 Å². The molecule has 0 aliphatic heterocycles. The number of rotatable bonds is 5. The molecule has 0 saturated carbocycles. The minimum absolute atomic E-state index is 0.00313. The van der Waals surface area contributed by atoms with Crippen molar-refractivity contribution in [2.24, 2.45) is 11.8 Å². The maximum atomic E-state index is 13.2. The Labute approximate surface area is 157 Å². The predicted octanol–water partition coefficient (Wildman–Crippen LogP) is 6.26. The van der Waals surface area contributed by atoms with Crippen LogP contribution in [-0.2, 0) is 0 Å². The molecule has 0 fully saturated rings. The van der Waals surface area contributed by atoms with E-state index in [1.165, 1.54) is 12.0 Å². The van der Waals surface area contributed by atoms with Gasteiger partial charge in [0.15, 0.2) is 0 Å². The first-order chi connectivity index (χ1) is 12.5. The summed E-state index contributed by atoms with van der Waals surface area (Å²) in [4.78, 5) is 13.2. The molecule has 1 heterocycles. The molecule has 26 heavy (non-hydrogen) atoms. The van der Waals surface area contributed by atoms with Crippen molar-refractivity contribution in [1.29, 1.82) is 0 Å². The maximum absolute atomic E-state index is 13.2. The molecule has 0 amide bonds. The van der Waals surface area contributed by atoms with Gasteiger partial charge in [0.1, 0.15) is 0 Å². The number of fused-ring (bicyclic) bond motifs is 1. The van der Waals surface area contributed by atoms with Crippen LogP contribution in [0.4, 0.5) is 0 Å². The highest BCUT2D eigenvalue weighted by Crippen LogP contribution is 2.46. The molecule has 0 radical (unpaired) electrons. The molecule has 3 heteroatoms. The summed E-state index contributed by atoms with van der Waals surface area (Å²) >= 11 is 0. The third kappa shape index (κ3) is 3.36. The molecule has 3 rings (SSSR count). The molecule has 1 aromatic carbocycles. The fourth-order valence-corrected chi connectivity index (χ4v) is 4.36. The topological polar surface area (TPSA) is 34.9 Å². The number of hydrogen-bond donors (Lipinski definition) is 0. The largest absolute Gasteiger partial charge is 0.272 e. The van der Waals surface area contributed by atoms with Crippen LogP contribution in [0.2, 0.25) is 0 Å². The number of hydrogen-bond acceptors (Lipinski definition) is 2. The summed E-state index contributed by atoms with van der Waals surface area (Å²) in [5.74, 6) is 1.56. The zero-order valence-corrected chi connectivity index (χ0v) is 16.8. The van der Waals surface area contributed by atoms with Gasteiger partial charge in [-0.1, -0.05) is 71.4 Å². The van der Waals surface area contributed by atoms with E-state index < -0.39 is 0 Å². The lowest BCUT2D eigenvalue weighted by atomic mass is 9.75. The first-order valence-electron chi connectivity index (χ1n) is 10.2. The minimum atomic E-state index is -0.00313. The summed E-state index contributed by atoms with van der Waals surface area (Å²) in [7, 11) is 0. The molecule has 140 valence electrons. The van der Waals surface area contributed by atoms with Crippen LogP contribution in [-0.4, -0.2) is 15.7 Å². The Morgan fingerprint density at radius 3 is 2.50 bits per heavy atom. The fourth-order valence-electron chi connectivity index (χ4n) is 4.36. The van der Waals surface area contributed by atoms with Gasteiger partial charge >= 0.3 is 0 Å². The van der Waals surface area contributed by atoms with Crippen molar-refractivity contribution in [3.05, 3.63) is 41.6 Å². The smallest absolute Gasteiger partial charge is 0.250 e. The van der Waals surface area contributed by atoms with Crippen LogP contribution in [0.3, 0.4) is 0 Å². The van der Waals surface area contributed by atoms with Crippen molar-refractivity contribution < 1.29 is 4.79 Å². The lowest BCUT2D eigenvalue weighted by molar-refractivity contribution is 0.0822. The second-order valence-corrected chi connectivity index (χ2v) is 8.28. The molecule has 0 spiro atoms.